The first-order valence-electron chi connectivity index (χ1n) is 12.2. The predicted molar refractivity (Wildman–Crippen MR) is 126 cm³/mol. The summed E-state index contributed by atoms with van der Waals surface area (Å²) >= 11 is 1.70. The van der Waals surface area contributed by atoms with Gasteiger partial charge in [0.2, 0.25) is 0 Å². The van der Waals surface area contributed by atoms with Gasteiger partial charge in [-0.3, -0.25) is 4.79 Å². The van der Waals surface area contributed by atoms with Crippen LogP contribution in [0.5, 0.6) is 0 Å². The van der Waals surface area contributed by atoms with Crippen LogP contribution in [-0.2, 0) is 19.0 Å². The van der Waals surface area contributed by atoms with Gasteiger partial charge in [-0.25, -0.2) is 0 Å². The summed E-state index contributed by atoms with van der Waals surface area (Å²) in [6.45, 7) is 2.47. The molecule has 0 aromatic rings. The normalized spacial score (nSPS) is 24.4. The van der Waals surface area contributed by atoms with Gasteiger partial charge in [0.15, 0.2) is 6.29 Å². The van der Waals surface area contributed by atoms with E-state index in [0.29, 0.717) is 19.1 Å². The van der Waals surface area contributed by atoms with Crippen molar-refractivity contribution in [1.29, 1.82) is 0 Å². The van der Waals surface area contributed by atoms with Crippen molar-refractivity contribution < 1.29 is 24.1 Å². The van der Waals surface area contributed by atoms with E-state index in [4.69, 9.17) is 14.2 Å². The molecule has 2 heterocycles. The maximum Gasteiger partial charge on any atom is 0.305 e. The van der Waals surface area contributed by atoms with Gasteiger partial charge in [0.25, 0.3) is 0 Å². The van der Waals surface area contributed by atoms with Crippen molar-refractivity contribution in [2.45, 2.75) is 101 Å². The highest BCUT2D eigenvalue weighted by Gasteiger charge is 2.26. The molecular weight excluding hydrogens is 414 g/mol. The number of nitrogens with one attached hydrogen (secondary N) is 1. The van der Waals surface area contributed by atoms with Gasteiger partial charge in [0, 0.05) is 24.8 Å². The molecule has 0 saturated carbocycles. The monoisotopic (exact) mass is 457 g/mol. The van der Waals surface area contributed by atoms with Crippen LogP contribution in [-0.4, -0.2) is 61.6 Å². The maximum atomic E-state index is 11.2. The van der Waals surface area contributed by atoms with E-state index >= 15 is 0 Å². The van der Waals surface area contributed by atoms with Crippen LogP contribution in [0.3, 0.4) is 0 Å². The van der Waals surface area contributed by atoms with Crippen LogP contribution in [0.25, 0.3) is 0 Å². The number of thioether (sulfide) groups is 1. The van der Waals surface area contributed by atoms with Crippen molar-refractivity contribution >= 4 is 17.7 Å². The van der Waals surface area contributed by atoms with Gasteiger partial charge < -0.3 is 24.6 Å². The van der Waals surface area contributed by atoms with Gasteiger partial charge in [-0.2, -0.15) is 0 Å². The lowest BCUT2D eigenvalue weighted by Crippen LogP contribution is -2.37. The Bertz CT molecular complexity index is 512. The van der Waals surface area contributed by atoms with E-state index in [2.05, 4.69) is 5.32 Å². The number of hydrogen-bond acceptors (Lipinski definition) is 7. The molecule has 1 saturated heterocycles. The first kappa shape index (κ1) is 26.7. The number of rotatable bonds is 17. The highest BCUT2D eigenvalue weighted by molar-refractivity contribution is 8.02. The molecule has 2 aliphatic heterocycles. The molecule has 7 heteroatoms. The van der Waals surface area contributed by atoms with Gasteiger partial charge in [-0.15, -0.1) is 11.8 Å². The van der Waals surface area contributed by atoms with Crippen LogP contribution >= 0.6 is 11.8 Å². The number of unbranched alkanes of at least 4 members (excludes halogenated alkanes) is 5. The Morgan fingerprint density at radius 2 is 2.06 bits per heavy atom. The van der Waals surface area contributed by atoms with Crippen LogP contribution in [0.1, 0.15) is 83.5 Å². The van der Waals surface area contributed by atoms with Crippen molar-refractivity contribution in [3.05, 3.63) is 11.5 Å². The van der Waals surface area contributed by atoms with Crippen LogP contribution < -0.4 is 5.32 Å². The second-order valence-corrected chi connectivity index (χ2v) is 9.73. The van der Waals surface area contributed by atoms with Crippen LogP contribution in [0.4, 0.5) is 0 Å². The average Bonchev–Trinajstić information content (AvgIpc) is 3.23. The molecule has 3 unspecified atom stereocenters. The Morgan fingerprint density at radius 3 is 2.81 bits per heavy atom. The molecule has 0 amide bonds. The van der Waals surface area contributed by atoms with E-state index in [9.17, 15) is 9.90 Å². The molecule has 2 aliphatic rings. The van der Waals surface area contributed by atoms with Gasteiger partial charge in [0.1, 0.15) is 0 Å². The predicted octanol–water partition coefficient (Wildman–Crippen LogP) is 4.55. The van der Waals surface area contributed by atoms with Gasteiger partial charge in [-0.1, -0.05) is 32.1 Å². The SMILES string of the molecule is COC(=O)CCCCCCC(COC1CCCCO1)NCCCCCC1(O)C=CSC1. The molecule has 0 bridgehead atoms. The molecule has 0 aromatic heterocycles. The van der Waals surface area contributed by atoms with E-state index in [-0.39, 0.29) is 12.3 Å². The number of carbonyl (C=O) groups is 1. The van der Waals surface area contributed by atoms with E-state index < -0.39 is 5.60 Å². The maximum absolute atomic E-state index is 11.2. The zero-order chi connectivity index (χ0) is 22.2. The molecule has 0 radical (unpaired) electrons. The summed E-state index contributed by atoms with van der Waals surface area (Å²) in [6.07, 6.45) is 15.2. The molecule has 1 fully saturated rings. The number of methoxy groups -OCH3 is 1. The first-order chi connectivity index (χ1) is 15.1. The molecule has 3 atom stereocenters. The Balaban J connectivity index is 1.58. The first-order valence-corrected chi connectivity index (χ1v) is 13.2. The summed E-state index contributed by atoms with van der Waals surface area (Å²) in [4.78, 5) is 11.2. The van der Waals surface area contributed by atoms with Crippen molar-refractivity contribution in [3.63, 3.8) is 0 Å². The van der Waals surface area contributed by atoms with Crippen LogP contribution in [0.15, 0.2) is 11.5 Å². The lowest BCUT2D eigenvalue weighted by atomic mass is 9.98. The summed E-state index contributed by atoms with van der Waals surface area (Å²) in [6, 6.07) is 0.337. The number of aliphatic hydroxyl groups is 1. The van der Waals surface area contributed by atoms with E-state index in [1.54, 1.807) is 11.8 Å². The zero-order valence-corrected chi connectivity index (χ0v) is 20.1. The Kier molecular flexibility index (Phi) is 13.8. The van der Waals surface area contributed by atoms with Crippen molar-refractivity contribution in [2.24, 2.45) is 0 Å². The number of carbonyl (C=O) groups excluding carboxylic acids is 1. The minimum atomic E-state index is -0.581. The smallest absolute Gasteiger partial charge is 0.305 e. The van der Waals surface area contributed by atoms with Gasteiger partial charge >= 0.3 is 5.97 Å². The van der Waals surface area contributed by atoms with Crippen molar-refractivity contribution in [2.75, 3.05) is 32.6 Å². The summed E-state index contributed by atoms with van der Waals surface area (Å²) in [5, 5.41) is 16.0. The highest BCUT2D eigenvalue weighted by atomic mass is 32.2. The topological polar surface area (TPSA) is 77.0 Å². The molecule has 0 spiro atoms. The number of hydrogen-bond donors (Lipinski definition) is 2. The van der Waals surface area contributed by atoms with Crippen molar-refractivity contribution in [1.82, 2.24) is 5.32 Å². The molecule has 0 aliphatic carbocycles. The van der Waals surface area contributed by atoms with Gasteiger partial charge in [0.05, 0.1) is 19.3 Å². The minimum absolute atomic E-state index is 0.0452. The summed E-state index contributed by atoms with van der Waals surface area (Å²) in [5.74, 6) is 0.684. The standard InChI is InChI=1S/C24H43NO5S/c1-28-22(26)12-6-3-2-5-11-21(19-30-23-13-7-10-17-29-23)25-16-9-4-8-14-24(27)15-18-31-20-24/h15,18,21,23,25,27H,2-14,16-17,19-20H2,1H3. The third kappa shape index (κ3) is 12.3. The summed E-state index contributed by atoms with van der Waals surface area (Å²) in [7, 11) is 1.45. The van der Waals surface area contributed by atoms with E-state index in [1.807, 2.05) is 11.5 Å². The number of esters is 1. The molecule has 180 valence electrons. The molecular formula is C24H43NO5S. The Labute approximate surface area is 192 Å². The molecule has 6 nitrogen and oxygen atoms in total. The lowest BCUT2D eigenvalue weighted by molar-refractivity contribution is -0.166. The molecule has 2 N–H and O–H groups in total. The van der Waals surface area contributed by atoms with E-state index in [1.165, 1.54) is 13.5 Å². The summed E-state index contributed by atoms with van der Waals surface area (Å²) < 4.78 is 16.4. The largest absolute Gasteiger partial charge is 0.469 e. The molecule has 0 aromatic carbocycles. The fraction of sp³-hybridized carbons (Fsp3) is 0.875. The highest BCUT2D eigenvalue weighted by Crippen LogP contribution is 2.29. The second kappa shape index (κ2) is 16.1. The lowest BCUT2D eigenvalue weighted by Gasteiger charge is -2.26. The second-order valence-electron chi connectivity index (χ2n) is 8.84. The summed E-state index contributed by atoms with van der Waals surface area (Å²) in [5.41, 5.74) is -0.581. The molecule has 2 rings (SSSR count). The molecule has 31 heavy (non-hydrogen) atoms. The van der Waals surface area contributed by atoms with E-state index in [0.717, 1.165) is 89.5 Å². The fourth-order valence-corrected chi connectivity index (χ4v) is 5.01. The third-order valence-electron chi connectivity index (χ3n) is 6.06. The third-order valence-corrected chi connectivity index (χ3v) is 7.05. The number of ether oxygens (including phenoxy) is 3. The fourth-order valence-electron chi connectivity index (χ4n) is 4.04. The average molecular weight is 458 g/mol. The Morgan fingerprint density at radius 1 is 1.23 bits per heavy atom. The van der Waals surface area contributed by atoms with Crippen molar-refractivity contribution in [3.8, 4) is 0 Å². The Hall–Kier alpha value is -0.600. The van der Waals surface area contributed by atoms with Crippen LogP contribution in [0, 0.1) is 0 Å². The van der Waals surface area contributed by atoms with Gasteiger partial charge in [-0.05, 0) is 63.0 Å². The quantitative estimate of drug-likeness (QED) is 0.245. The zero-order valence-electron chi connectivity index (χ0n) is 19.3. The van der Waals surface area contributed by atoms with Crippen LogP contribution in [0.2, 0.25) is 0 Å². The minimum Gasteiger partial charge on any atom is -0.469 e.